The maximum atomic E-state index is 10.9. The Bertz CT molecular complexity index is 479. The number of hydrogen-bond acceptors (Lipinski definition) is 3. The van der Waals surface area contributed by atoms with Gasteiger partial charge in [-0.1, -0.05) is 0 Å². The van der Waals surface area contributed by atoms with E-state index in [4.69, 9.17) is 9.52 Å². The number of hydrogen-bond donors (Lipinski definition) is 1. The minimum atomic E-state index is -0.820. The topological polar surface area (TPSA) is 63.3 Å². The van der Waals surface area contributed by atoms with E-state index in [1.807, 2.05) is 0 Å². The van der Waals surface area contributed by atoms with Crippen LogP contribution in [-0.4, -0.2) is 16.1 Å². The number of nitrogens with zero attached hydrogens (tertiary/aromatic N) is 1. The quantitative estimate of drug-likeness (QED) is 0.908. The summed E-state index contributed by atoms with van der Waals surface area (Å²) in [4.78, 5) is 15.1. The predicted octanol–water partition coefficient (Wildman–Crippen LogP) is 2.84. The Morgan fingerprint density at radius 1 is 1.21 bits per heavy atom. The van der Waals surface area contributed by atoms with Gasteiger partial charge in [0.25, 0.3) is 0 Å². The van der Waals surface area contributed by atoms with Crippen molar-refractivity contribution in [2.75, 3.05) is 0 Å². The number of rotatable bonds is 3. The average molecular weight is 261 g/mol. The summed E-state index contributed by atoms with van der Waals surface area (Å²) >= 11 is 0. The van der Waals surface area contributed by atoms with Crippen LogP contribution < -0.4 is 0 Å². The molecule has 0 radical (unpaired) electrons. The molecule has 1 aromatic rings. The SMILES string of the molecule is O=C(O)Cc1ncoc1C1C2CC3CC(C2)CC1C3. The van der Waals surface area contributed by atoms with Crippen LogP contribution in [0.25, 0.3) is 0 Å². The van der Waals surface area contributed by atoms with E-state index in [2.05, 4.69) is 4.98 Å². The van der Waals surface area contributed by atoms with Gasteiger partial charge < -0.3 is 9.52 Å². The Morgan fingerprint density at radius 2 is 1.84 bits per heavy atom. The van der Waals surface area contributed by atoms with E-state index in [1.165, 1.54) is 38.5 Å². The van der Waals surface area contributed by atoms with Gasteiger partial charge in [-0.2, -0.15) is 0 Å². The average Bonchev–Trinajstić information content (AvgIpc) is 2.75. The lowest BCUT2D eigenvalue weighted by atomic mass is 9.51. The third-order valence-corrected chi connectivity index (χ3v) is 5.52. The third-order valence-electron chi connectivity index (χ3n) is 5.52. The molecule has 0 amide bonds. The summed E-state index contributed by atoms with van der Waals surface area (Å²) in [6.45, 7) is 0. The monoisotopic (exact) mass is 261 g/mol. The van der Waals surface area contributed by atoms with Crippen LogP contribution >= 0.6 is 0 Å². The zero-order valence-corrected chi connectivity index (χ0v) is 10.9. The van der Waals surface area contributed by atoms with Gasteiger partial charge in [0.05, 0.1) is 12.1 Å². The highest BCUT2D eigenvalue weighted by Gasteiger charge is 2.50. The molecule has 4 aliphatic carbocycles. The Hall–Kier alpha value is -1.32. The van der Waals surface area contributed by atoms with Crippen molar-refractivity contribution in [3.05, 3.63) is 17.8 Å². The van der Waals surface area contributed by atoms with Crippen molar-refractivity contribution < 1.29 is 14.3 Å². The van der Waals surface area contributed by atoms with Crippen LogP contribution in [0.3, 0.4) is 0 Å². The molecule has 19 heavy (non-hydrogen) atoms. The van der Waals surface area contributed by atoms with E-state index in [0.29, 0.717) is 23.4 Å². The third kappa shape index (κ3) is 1.80. The minimum Gasteiger partial charge on any atom is -0.481 e. The first kappa shape index (κ1) is 11.5. The first-order valence-corrected chi connectivity index (χ1v) is 7.34. The summed E-state index contributed by atoms with van der Waals surface area (Å²) in [5.41, 5.74) is 0.657. The second-order valence-corrected chi connectivity index (χ2v) is 6.69. The van der Waals surface area contributed by atoms with Crippen molar-refractivity contribution in [2.24, 2.45) is 23.7 Å². The number of oxazole rings is 1. The zero-order chi connectivity index (χ0) is 13.0. The van der Waals surface area contributed by atoms with Crippen molar-refractivity contribution in [3.8, 4) is 0 Å². The summed E-state index contributed by atoms with van der Waals surface area (Å²) in [7, 11) is 0. The van der Waals surface area contributed by atoms with E-state index in [-0.39, 0.29) is 6.42 Å². The molecule has 4 nitrogen and oxygen atoms in total. The van der Waals surface area contributed by atoms with Gasteiger partial charge in [-0.3, -0.25) is 4.79 Å². The number of aromatic nitrogens is 1. The minimum absolute atomic E-state index is 0.00533. The van der Waals surface area contributed by atoms with Gasteiger partial charge in [0.15, 0.2) is 6.39 Å². The lowest BCUT2D eigenvalue weighted by Crippen LogP contribution is -2.43. The molecule has 1 N–H and O–H groups in total. The van der Waals surface area contributed by atoms with Crippen molar-refractivity contribution in [2.45, 2.75) is 44.4 Å². The van der Waals surface area contributed by atoms with Crippen LogP contribution in [0.1, 0.15) is 49.5 Å². The lowest BCUT2D eigenvalue weighted by Gasteiger charge is -2.53. The van der Waals surface area contributed by atoms with Gasteiger partial charge in [-0.05, 0) is 55.8 Å². The van der Waals surface area contributed by atoms with E-state index in [1.54, 1.807) is 0 Å². The normalized spacial score (nSPS) is 39.7. The maximum absolute atomic E-state index is 10.9. The van der Waals surface area contributed by atoms with Crippen LogP contribution in [0.2, 0.25) is 0 Å². The maximum Gasteiger partial charge on any atom is 0.309 e. The number of aliphatic carboxylic acids is 1. The summed E-state index contributed by atoms with van der Waals surface area (Å²) in [6.07, 6.45) is 8.09. The molecular weight excluding hydrogens is 242 g/mol. The molecule has 0 aromatic carbocycles. The first-order valence-electron chi connectivity index (χ1n) is 7.34. The predicted molar refractivity (Wildman–Crippen MR) is 67.6 cm³/mol. The van der Waals surface area contributed by atoms with E-state index < -0.39 is 5.97 Å². The Morgan fingerprint density at radius 3 is 2.42 bits per heavy atom. The fourth-order valence-electron chi connectivity index (χ4n) is 5.18. The molecule has 0 atom stereocenters. The molecule has 102 valence electrons. The molecule has 1 heterocycles. The van der Waals surface area contributed by atoms with Crippen LogP contribution in [0.4, 0.5) is 0 Å². The molecule has 0 aliphatic heterocycles. The fourth-order valence-corrected chi connectivity index (χ4v) is 5.18. The first-order chi connectivity index (χ1) is 9.20. The molecule has 5 rings (SSSR count). The van der Waals surface area contributed by atoms with Crippen LogP contribution in [0.5, 0.6) is 0 Å². The van der Waals surface area contributed by atoms with Crippen molar-refractivity contribution in [1.82, 2.24) is 4.98 Å². The number of carboxylic acid groups (broad SMARTS) is 1. The summed E-state index contributed by atoms with van der Waals surface area (Å²) in [5.74, 6) is 3.75. The van der Waals surface area contributed by atoms with E-state index in [0.717, 1.165) is 17.6 Å². The molecule has 4 heteroatoms. The highest BCUT2D eigenvalue weighted by atomic mass is 16.4. The standard InChI is InChI=1S/C15H19NO3/c17-13(18)6-12-15(19-7-16-12)14-10-2-8-1-9(4-10)5-11(14)3-8/h7-11,14H,1-6H2,(H,17,18). The second-order valence-electron chi connectivity index (χ2n) is 6.69. The number of carbonyl (C=O) groups is 1. The highest BCUT2D eigenvalue weighted by Crippen LogP contribution is 2.60. The van der Waals surface area contributed by atoms with Crippen LogP contribution in [-0.2, 0) is 11.2 Å². The van der Waals surface area contributed by atoms with E-state index in [9.17, 15) is 4.79 Å². The summed E-state index contributed by atoms with van der Waals surface area (Å²) < 4.78 is 5.62. The van der Waals surface area contributed by atoms with Crippen LogP contribution in [0, 0.1) is 23.7 Å². The molecule has 0 saturated heterocycles. The zero-order valence-electron chi connectivity index (χ0n) is 10.9. The Labute approximate surface area is 112 Å². The van der Waals surface area contributed by atoms with Crippen molar-refractivity contribution in [3.63, 3.8) is 0 Å². The van der Waals surface area contributed by atoms with E-state index >= 15 is 0 Å². The Balaban J connectivity index is 1.65. The lowest BCUT2D eigenvalue weighted by molar-refractivity contribution is -0.136. The van der Waals surface area contributed by atoms with Gasteiger partial charge in [0, 0.05) is 5.92 Å². The molecule has 4 bridgehead atoms. The van der Waals surface area contributed by atoms with Gasteiger partial charge in [0.2, 0.25) is 0 Å². The highest BCUT2D eigenvalue weighted by molar-refractivity contribution is 5.69. The van der Waals surface area contributed by atoms with Gasteiger partial charge in [-0.15, -0.1) is 0 Å². The molecular formula is C15H19NO3. The van der Waals surface area contributed by atoms with Crippen molar-refractivity contribution in [1.29, 1.82) is 0 Å². The molecule has 1 aromatic heterocycles. The van der Waals surface area contributed by atoms with Gasteiger partial charge in [-0.25, -0.2) is 4.98 Å². The fraction of sp³-hybridized carbons (Fsp3) is 0.733. The Kier molecular flexibility index (Phi) is 2.47. The molecule has 0 unspecified atom stereocenters. The largest absolute Gasteiger partial charge is 0.481 e. The summed E-state index contributed by atoms with van der Waals surface area (Å²) in [6, 6.07) is 0. The molecule has 4 aliphatic rings. The van der Waals surface area contributed by atoms with Gasteiger partial charge >= 0.3 is 5.97 Å². The van der Waals surface area contributed by atoms with Gasteiger partial charge in [0.1, 0.15) is 5.76 Å². The smallest absolute Gasteiger partial charge is 0.309 e. The second kappa shape index (κ2) is 4.09. The number of carboxylic acids is 1. The van der Waals surface area contributed by atoms with Crippen molar-refractivity contribution >= 4 is 5.97 Å². The molecule has 0 spiro atoms. The summed E-state index contributed by atoms with van der Waals surface area (Å²) in [5, 5.41) is 8.98. The molecule has 4 fully saturated rings. The van der Waals surface area contributed by atoms with Crippen LogP contribution in [0.15, 0.2) is 10.8 Å². The molecule has 4 saturated carbocycles.